The van der Waals surface area contributed by atoms with Crippen molar-refractivity contribution in [2.24, 2.45) is 5.92 Å². The van der Waals surface area contributed by atoms with Crippen molar-refractivity contribution in [3.05, 3.63) is 41.8 Å². The largest absolute Gasteiger partial charge is 0.317 e. The number of fused-ring (bicyclic) bond motifs is 1. The van der Waals surface area contributed by atoms with Gasteiger partial charge in [-0.1, -0.05) is 6.07 Å². The fraction of sp³-hybridized carbons (Fsp3) is 0.400. The number of hydrogen-bond acceptors (Lipinski definition) is 2. The molecule has 1 N–H and O–H groups in total. The van der Waals surface area contributed by atoms with E-state index in [1.165, 1.54) is 12.8 Å². The molecule has 3 heteroatoms. The first-order chi connectivity index (χ1) is 8.83. The molecule has 0 spiro atoms. The Morgan fingerprint density at radius 3 is 2.94 bits per heavy atom. The number of hydrogen-bond donors (Lipinski definition) is 1. The van der Waals surface area contributed by atoms with E-state index in [1.807, 2.05) is 12.1 Å². The van der Waals surface area contributed by atoms with Crippen LogP contribution in [0.15, 0.2) is 30.5 Å². The van der Waals surface area contributed by atoms with Gasteiger partial charge in [-0.2, -0.15) is 0 Å². The lowest BCUT2D eigenvalue weighted by molar-refractivity contribution is 0.373. The lowest BCUT2D eigenvalue weighted by Gasteiger charge is -2.22. The second-order valence-electron chi connectivity index (χ2n) is 5.04. The molecule has 0 amide bonds. The van der Waals surface area contributed by atoms with Gasteiger partial charge in [0.1, 0.15) is 5.82 Å². The predicted molar refractivity (Wildman–Crippen MR) is 71.0 cm³/mol. The highest BCUT2D eigenvalue weighted by molar-refractivity contribution is 5.81. The van der Waals surface area contributed by atoms with Crippen molar-refractivity contribution in [3.63, 3.8) is 0 Å². The average Bonchev–Trinajstić information content (AvgIpc) is 2.40. The number of aromatic nitrogens is 1. The maximum Gasteiger partial charge on any atom is 0.124 e. The Labute approximate surface area is 106 Å². The molecule has 0 unspecified atom stereocenters. The molecule has 0 bridgehead atoms. The molecule has 94 valence electrons. The summed E-state index contributed by atoms with van der Waals surface area (Å²) >= 11 is 0. The van der Waals surface area contributed by atoms with Crippen molar-refractivity contribution in [1.82, 2.24) is 10.3 Å². The molecule has 18 heavy (non-hydrogen) atoms. The second-order valence-corrected chi connectivity index (χ2v) is 5.04. The normalized spacial score (nSPS) is 17.2. The molecule has 1 saturated heterocycles. The molecule has 0 aliphatic carbocycles. The molecule has 0 atom stereocenters. The number of piperidine rings is 1. The lowest BCUT2D eigenvalue weighted by atomic mass is 9.90. The van der Waals surface area contributed by atoms with Crippen LogP contribution in [0, 0.1) is 11.7 Å². The van der Waals surface area contributed by atoms with Gasteiger partial charge in [0.2, 0.25) is 0 Å². The summed E-state index contributed by atoms with van der Waals surface area (Å²) < 4.78 is 13.6. The first-order valence-electron chi connectivity index (χ1n) is 6.57. The van der Waals surface area contributed by atoms with Crippen LogP contribution < -0.4 is 5.32 Å². The Hall–Kier alpha value is -1.48. The average molecular weight is 244 g/mol. The quantitative estimate of drug-likeness (QED) is 0.878. The highest BCUT2D eigenvalue weighted by atomic mass is 19.1. The maximum absolute atomic E-state index is 13.6. The van der Waals surface area contributed by atoms with E-state index in [2.05, 4.69) is 10.3 Å². The number of halogens is 1. The summed E-state index contributed by atoms with van der Waals surface area (Å²) in [7, 11) is 0. The van der Waals surface area contributed by atoms with Gasteiger partial charge in [-0.3, -0.25) is 4.98 Å². The molecule has 0 radical (unpaired) electrons. The molecule has 3 rings (SSSR count). The minimum absolute atomic E-state index is 0.153. The molecule has 1 aromatic heterocycles. The standard InChI is InChI=1S/C15H17FN2/c16-14-9-12-2-1-5-18-15(12)13(10-14)8-11-3-6-17-7-4-11/h1-2,5,9-11,17H,3-4,6-8H2. The van der Waals surface area contributed by atoms with Crippen molar-refractivity contribution in [3.8, 4) is 0 Å². The number of nitrogens with zero attached hydrogens (tertiary/aromatic N) is 1. The van der Waals surface area contributed by atoms with E-state index in [4.69, 9.17) is 0 Å². The molecular weight excluding hydrogens is 227 g/mol. The molecule has 2 heterocycles. The third-order valence-corrected chi connectivity index (χ3v) is 3.72. The summed E-state index contributed by atoms with van der Waals surface area (Å²) in [5.41, 5.74) is 2.01. The number of pyridine rings is 1. The van der Waals surface area contributed by atoms with E-state index in [-0.39, 0.29) is 5.82 Å². The van der Waals surface area contributed by atoms with Gasteiger partial charge in [-0.15, -0.1) is 0 Å². The van der Waals surface area contributed by atoms with Crippen LogP contribution in [-0.4, -0.2) is 18.1 Å². The van der Waals surface area contributed by atoms with Gasteiger partial charge in [0.05, 0.1) is 5.52 Å². The van der Waals surface area contributed by atoms with Crippen molar-refractivity contribution in [1.29, 1.82) is 0 Å². The van der Waals surface area contributed by atoms with Crippen LogP contribution in [-0.2, 0) is 6.42 Å². The third kappa shape index (κ3) is 2.36. The zero-order valence-corrected chi connectivity index (χ0v) is 10.3. The molecule has 1 fully saturated rings. The molecule has 2 nitrogen and oxygen atoms in total. The Bertz CT molecular complexity index is 547. The van der Waals surface area contributed by atoms with Crippen molar-refractivity contribution in [2.45, 2.75) is 19.3 Å². The van der Waals surface area contributed by atoms with E-state index < -0.39 is 0 Å². The smallest absolute Gasteiger partial charge is 0.124 e. The van der Waals surface area contributed by atoms with Gasteiger partial charge in [0.15, 0.2) is 0 Å². The fourth-order valence-electron chi connectivity index (χ4n) is 2.78. The predicted octanol–water partition coefficient (Wildman–Crippen LogP) is 2.92. The molecule has 2 aromatic rings. The SMILES string of the molecule is Fc1cc(CC2CCNCC2)c2ncccc2c1. The monoisotopic (exact) mass is 244 g/mol. The first kappa shape index (κ1) is 11.6. The summed E-state index contributed by atoms with van der Waals surface area (Å²) in [4.78, 5) is 4.41. The molecule has 1 aliphatic rings. The van der Waals surface area contributed by atoms with Crippen LogP contribution in [0.1, 0.15) is 18.4 Å². The summed E-state index contributed by atoms with van der Waals surface area (Å²) in [5.74, 6) is 0.498. The summed E-state index contributed by atoms with van der Waals surface area (Å²) in [6.07, 6.45) is 5.06. The van der Waals surface area contributed by atoms with Crippen LogP contribution in [0.25, 0.3) is 10.9 Å². The molecule has 0 saturated carbocycles. The third-order valence-electron chi connectivity index (χ3n) is 3.72. The van der Waals surface area contributed by atoms with Crippen LogP contribution in [0.4, 0.5) is 4.39 Å². The Morgan fingerprint density at radius 2 is 2.11 bits per heavy atom. The van der Waals surface area contributed by atoms with Crippen molar-refractivity contribution >= 4 is 10.9 Å². The van der Waals surface area contributed by atoms with Gasteiger partial charge in [0, 0.05) is 11.6 Å². The topological polar surface area (TPSA) is 24.9 Å². The van der Waals surface area contributed by atoms with E-state index >= 15 is 0 Å². The van der Waals surface area contributed by atoms with Gasteiger partial charge in [0.25, 0.3) is 0 Å². The number of benzene rings is 1. The Kier molecular flexibility index (Phi) is 3.24. The van der Waals surface area contributed by atoms with Crippen LogP contribution in [0.3, 0.4) is 0 Å². The lowest BCUT2D eigenvalue weighted by Crippen LogP contribution is -2.28. The minimum Gasteiger partial charge on any atom is -0.317 e. The van der Waals surface area contributed by atoms with Gasteiger partial charge < -0.3 is 5.32 Å². The van der Waals surface area contributed by atoms with Crippen LogP contribution in [0.5, 0.6) is 0 Å². The van der Waals surface area contributed by atoms with Gasteiger partial charge >= 0.3 is 0 Å². The highest BCUT2D eigenvalue weighted by Gasteiger charge is 2.15. The maximum atomic E-state index is 13.6. The summed E-state index contributed by atoms with van der Waals surface area (Å²) in [6, 6.07) is 7.00. The van der Waals surface area contributed by atoms with Crippen molar-refractivity contribution in [2.75, 3.05) is 13.1 Å². The molecule has 1 aliphatic heterocycles. The van der Waals surface area contributed by atoms with Crippen LogP contribution >= 0.6 is 0 Å². The molecular formula is C15H17FN2. The van der Waals surface area contributed by atoms with Gasteiger partial charge in [-0.25, -0.2) is 4.39 Å². The van der Waals surface area contributed by atoms with Gasteiger partial charge in [-0.05, 0) is 62.0 Å². The fourth-order valence-corrected chi connectivity index (χ4v) is 2.78. The Balaban J connectivity index is 1.94. The first-order valence-corrected chi connectivity index (χ1v) is 6.57. The zero-order valence-electron chi connectivity index (χ0n) is 10.3. The van der Waals surface area contributed by atoms with E-state index in [0.717, 1.165) is 36.0 Å². The summed E-state index contributed by atoms with van der Waals surface area (Å²) in [5, 5.41) is 4.26. The Morgan fingerprint density at radius 1 is 1.28 bits per heavy atom. The zero-order chi connectivity index (χ0) is 12.4. The number of nitrogens with one attached hydrogen (secondary N) is 1. The van der Waals surface area contributed by atoms with Crippen molar-refractivity contribution < 1.29 is 4.39 Å². The highest BCUT2D eigenvalue weighted by Crippen LogP contribution is 2.24. The second kappa shape index (κ2) is 5.02. The van der Waals surface area contributed by atoms with E-state index in [1.54, 1.807) is 18.3 Å². The van der Waals surface area contributed by atoms with E-state index in [0.29, 0.717) is 5.92 Å². The summed E-state index contributed by atoms with van der Waals surface area (Å²) in [6.45, 7) is 2.15. The molecule has 1 aromatic carbocycles. The van der Waals surface area contributed by atoms with Crippen LogP contribution in [0.2, 0.25) is 0 Å². The van der Waals surface area contributed by atoms with E-state index in [9.17, 15) is 4.39 Å². The number of rotatable bonds is 2. The minimum atomic E-state index is -0.153.